The molecule has 0 aliphatic carbocycles. The van der Waals surface area contributed by atoms with Gasteiger partial charge in [-0.15, -0.1) is 0 Å². The Kier molecular flexibility index (Phi) is 7.43. The lowest BCUT2D eigenvalue weighted by molar-refractivity contribution is -0.122. The molecule has 1 fully saturated rings. The van der Waals surface area contributed by atoms with E-state index < -0.39 is 6.10 Å². The number of rotatable bonds is 7. The molecule has 1 unspecified atom stereocenters. The van der Waals surface area contributed by atoms with Crippen LogP contribution < -0.4 is 10.6 Å². The molecule has 3 N–H and O–H groups in total. The molecule has 0 spiro atoms. The summed E-state index contributed by atoms with van der Waals surface area (Å²) in [7, 11) is 0. The average Bonchev–Trinajstić information content (AvgIpc) is 2.34. The van der Waals surface area contributed by atoms with E-state index in [4.69, 9.17) is 4.74 Å². The molecular formula is C14H29N3O3. The van der Waals surface area contributed by atoms with Gasteiger partial charge < -0.3 is 20.5 Å². The van der Waals surface area contributed by atoms with Gasteiger partial charge >= 0.3 is 0 Å². The third-order valence-corrected chi connectivity index (χ3v) is 3.00. The highest BCUT2D eigenvalue weighted by atomic mass is 16.5. The predicted molar refractivity (Wildman–Crippen MR) is 78.6 cm³/mol. The molecule has 6 nitrogen and oxygen atoms in total. The molecule has 1 aliphatic heterocycles. The van der Waals surface area contributed by atoms with Crippen molar-refractivity contribution in [1.82, 2.24) is 15.5 Å². The van der Waals surface area contributed by atoms with Crippen LogP contribution in [0, 0.1) is 0 Å². The lowest BCUT2D eigenvalue weighted by Crippen LogP contribution is -2.44. The van der Waals surface area contributed by atoms with Gasteiger partial charge in [0.1, 0.15) is 0 Å². The summed E-state index contributed by atoms with van der Waals surface area (Å²) in [6.07, 6.45) is 0.0282. The van der Waals surface area contributed by atoms with Crippen molar-refractivity contribution in [3.05, 3.63) is 0 Å². The zero-order chi connectivity index (χ0) is 15.0. The molecule has 1 saturated heterocycles. The van der Waals surface area contributed by atoms with Gasteiger partial charge in [-0.2, -0.15) is 0 Å². The largest absolute Gasteiger partial charge is 0.390 e. The van der Waals surface area contributed by atoms with Crippen LogP contribution >= 0.6 is 0 Å². The Labute approximate surface area is 121 Å². The van der Waals surface area contributed by atoms with E-state index in [0.717, 1.165) is 26.3 Å². The van der Waals surface area contributed by atoms with Gasteiger partial charge in [-0.25, -0.2) is 0 Å². The third-order valence-electron chi connectivity index (χ3n) is 3.00. The molecule has 0 aromatic rings. The summed E-state index contributed by atoms with van der Waals surface area (Å²) in [5, 5.41) is 15.9. The normalized spacial score (nSPS) is 18.8. The van der Waals surface area contributed by atoms with Crippen molar-refractivity contribution in [2.45, 2.75) is 38.8 Å². The number of nitrogens with zero attached hydrogens (tertiary/aromatic N) is 1. The van der Waals surface area contributed by atoms with Crippen LogP contribution in [0.2, 0.25) is 0 Å². The zero-order valence-corrected chi connectivity index (χ0v) is 12.9. The van der Waals surface area contributed by atoms with E-state index in [0.29, 0.717) is 26.1 Å². The minimum atomic E-state index is -0.404. The summed E-state index contributed by atoms with van der Waals surface area (Å²) >= 11 is 0. The summed E-state index contributed by atoms with van der Waals surface area (Å²) < 4.78 is 5.26. The van der Waals surface area contributed by atoms with Gasteiger partial charge in [-0.3, -0.25) is 9.69 Å². The second-order valence-electron chi connectivity index (χ2n) is 6.32. The maximum absolute atomic E-state index is 11.6. The van der Waals surface area contributed by atoms with Crippen molar-refractivity contribution in [1.29, 1.82) is 0 Å². The number of aliphatic hydroxyl groups is 1. The number of morpholine rings is 1. The van der Waals surface area contributed by atoms with Crippen LogP contribution in [0.1, 0.15) is 27.2 Å². The van der Waals surface area contributed by atoms with E-state index in [1.165, 1.54) is 0 Å². The van der Waals surface area contributed by atoms with Gasteiger partial charge in [-0.1, -0.05) is 0 Å². The molecule has 0 radical (unpaired) electrons. The Bertz CT molecular complexity index is 286. The highest BCUT2D eigenvalue weighted by molar-refractivity contribution is 5.76. The van der Waals surface area contributed by atoms with Crippen molar-refractivity contribution < 1.29 is 14.6 Å². The number of aliphatic hydroxyl groups excluding tert-OH is 1. The van der Waals surface area contributed by atoms with Crippen LogP contribution in [0.5, 0.6) is 0 Å². The van der Waals surface area contributed by atoms with Crippen LogP contribution in [-0.2, 0) is 9.53 Å². The number of hydrogen-bond acceptors (Lipinski definition) is 5. The second kappa shape index (κ2) is 8.56. The number of carbonyl (C=O) groups excluding carboxylic acids is 1. The summed E-state index contributed by atoms with van der Waals surface area (Å²) in [4.78, 5) is 13.8. The summed E-state index contributed by atoms with van der Waals surface area (Å²) in [6.45, 7) is 10.9. The molecule has 0 saturated carbocycles. The van der Waals surface area contributed by atoms with Gasteiger partial charge in [-0.05, 0) is 20.8 Å². The summed E-state index contributed by atoms with van der Waals surface area (Å²) in [5.41, 5.74) is -0.188. The van der Waals surface area contributed by atoms with E-state index >= 15 is 0 Å². The molecule has 1 aliphatic rings. The highest BCUT2D eigenvalue weighted by Crippen LogP contribution is 1.99. The zero-order valence-electron chi connectivity index (χ0n) is 12.9. The third kappa shape index (κ3) is 8.47. The minimum absolute atomic E-state index is 0.0349. The number of ether oxygens (including phenoxy) is 1. The van der Waals surface area contributed by atoms with Crippen molar-refractivity contribution in [3.63, 3.8) is 0 Å². The standard InChI is InChI=1S/C14H29N3O3/c1-14(2,3)16-13(19)4-5-15-10-12(18)11-17-6-8-20-9-7-17/h12,15,18H,4-11H2,1-3H3,(H,16,19). The van der Waals surface area contributed by atoms with Gasteiger partial charge in [0.25, 0.3) is 0 Å². The van der Waals surface area contributed by atoms with Gasteiger partial charge in [0, 0.05) is 44.7 Å². The van der Waals surface area contributed by atoms with E-state index in [2.05, 4.69) is 15.5 Å². The van der Waals surface area contributed by atoms with Crippen LogP contribution in [-0.4, -0.2) is 73.5 Å². The number of nitrogens with one attached hydrogen (secondary N) is 2. The van der Waals surface area contributed by atoms with E-state index in [9.17, 15) is 9.90 Å². The highest BCUT2D eigenvalue weighted by Gasteiger charge is 2.15. The second-order valence-corrected chi connectivity index (χ2v) is 6.32. The molecule has 1 amide bonds. The van der Waals surface area contributed by atoms with E-state index in [-0.39, 0.29) is 11.4 Å². The fourth-order valence-corrected chi connectivity index (χ4v) is 2.10. The van der Waals surface area contributed by atoms with Crippen LogP contribution in [0.15, 0.2) is 0 Å². The monoisotopic (exact) mass is 287 g/mol. The van der Waals surface area contributed by atoms with E-state index in [1.54, 1.807) is 0 Å². The Balaban J connectivity index is 2.03. The van der Waals surface area contributed by atoms with Gasteiger partial charge in [0.2, 0.25) is 5.91 Å². The molecule has 20 heavy (non-hydrogen) atoms. The maximum atomic E-state index is 11.6. The number of carbonyl (C=O) groups is 1. The van der Waals surface area contributed by atoms with Gasteiger partial charge in [0.05, 0.1) is 19.3 Å². The molecule has 0 aromatic carbocycles. The molecule has 1 atom stereocenters. The molecule has 0 bridgehead atoms. The molecule has 6 heteroatoms. The van der Waals surface area contributed by atoms with Gasteiger partial charge in [0.15, 0.2) is 0 Å². The Hall–Kier alpha value is -0.690. The Morgan fingerprint density at radius 3 is 2.60 bits per heavy atom. The SMILES string of the molecule is CC(C)(C)NC(=O)CCNCC(O)CN1CCOCC1. The maximum Gasteiger partial charge on any atom is 0.221 e. The fraction of sp³-hybridized carbons (Fsp3) is 0.929. The molecular weight excluding hydrogens is 258 g/mol. The lowest BCUT2D eigenvalue weighted by atomic mass is 10.1. The minimum Gasteiger partial charge on any atom is -0.390 e. The Morgan fingerprint density at radius 2 is 2.00 bits per heavy atom. The van der Waals surface area contributed by atoms with E-state index in [1.807, 2.05) is 20.8 Å². The molecule has 118 valence electrons. The molecule has 1 heterocycles. The summed E-state index contributed by atoms with van der Waals surface area (Å²) in [5.74, 6) is 0.0349. The van der Waals surface area contributed by atoms with Crippen molar-refractivity contribution in [3.8, 4) is 0 Å². The first-order chi connectivity index (χ1) is 9.37. The van der Waals surface area contributed by atoms with Crippen molar-refractivity contribution in [2.24, 2.45) is 0 Å². The molecule has 1 rings (SSSR count). The quantitative estimate of drug-likeness (QED) is 0.554. The van der Waals surface area contributed by atoms with Crippen LogP contribution in [0.25, 0.3) is 0 Å². The van der Waals surface area contributed by atoms with Crippen LogP contribution in [0.4, 0.5) is 0 Å². The fourth-order valence-electron chi connectivity index (χ4n) is 2.10. The Morgan fingerprint density at radius 1 is 1.35 bits per heavy atom. The number of amides is 1. The first-order valence-corrected chi connectivity index (χ1v) is 7.37. The first kappa shape index (κ1) is 17.4. The molecule has 0 aromatic heterocycles. The number of β-amino-alcohol motifs (C(OH)–C–C–N with tert-alkyl or cyclic N) is 1. The average molecular weight is 287 g/mol. The van der Waals surface area contributed by atoms with Crippen molar-refractivity contribution in [2.75, 3.05) is 45.9 Å². The van der Waals surface area contributed by atoms with Crippen LogP contribution in [0.3, 0.4) is 0 Å². The summed E-state index contributed by atoms with van der Waals surface area (Å²) in [6, 6.07) is 0. The first-order valence-electron chi connectivity index (χ1n) is 7.37. The smallest absolute Gasteiger partial charge is 0.221 e. The lowest BCUT2D eigenvalue weighted by Gasteiger charge is -2.28. The number of hydrogen-bond donors (Lipinski definition) is 3. The topological polar surface area (TPSA) is 73.8 Å². The van der Waals surface area contributed by atoms with Crippen molar-refractivity contribution >= 4 is 5.91 Å². The predicted octanol–water partition coefficient (Wildman–Crippen LogP) is -0.426.